The fourth-order valence-corrected chi connectivity index (χ4v) is 2.38. The summed E-state index contributed by atoms with van der Waals surface area (Å²) in [6.45, 7) is 4.25. The second-order valence-corrected chi connectivity index (χ2v) is 5.51. The van der Waals surface area contributed by atoms with E-state index in [1.807, 2.05) is 13.0 Å². The lowest BCUT2D eigenvalue weighted by molar-refractivity contribution is -0.121. The third-order valence-electron chi connectivity index (χ3n) is 3.06. The van der Waals surface area contributed by atoms with Gasteiger partial charge in [-0.05, 0) is 38.6 Å². The lowest BCUT2D eigenvalue weighted by atomic mass is 10.1. The van der Waals surface area contributed by atoms with E-state index >= 15 is 0 Å². The highest BCUT2D eigenvalue weighted by Crippen LogP contribution is 2.28. The quantitative estimate of drug-likeness (QED) is 0.872. The molecule has 7 heteroatoms. The number of likely N-dealkylation sites (N-methyl/N-ethyl adjacent to an activating group) is 1. The van der Waals surface area contributed by atoms with Crippen molar-refractivity contribution in [2.45, 2.75) is 19.9 Å². The molecule has 0 spiro atoms. The summed E-state index contributed by atoms with van der Waals surface area (Å²) in [4.78, 5) is 24.8. The number of halogens is 2. The molecule has 2 N–H and O–H groups in total. The van der Waals surface area contributed by atoms with Crippen molar-refractivity contribution in [2.75, 3.05) is 20.1 Å². The summed E-state index contributed by atoms with van der Waals surface area (Å²) in [7, 11) is 1.78. The number of rotatable bonds is 5. The van der Waals surface area contributed by atoms with E-state index in [0.29, 0.717) is 16.6 Å². The first-order valence-corrected chi connectivity index (χ1v) is 7.33. The van der Waals surface area contributed by atoms with Gasteiger partial charge in [0.15, 0.2) is 0 Å². The summed E-state index contributed by atoms with van der Waals surface area (Å²) >= 11 is 12.0. The molecule has 0 heterocycles. The maximum Gasteiger partial charge on any atom is 0.321 e. The van der Waals surface area contributed by atoms with Gasteiger partial charge in [0, 0.05) is 22.6 Å². The zero-order valence-electron chi connectivity index (χ0n) is 12.2. The minimum absolute atomic E-state index is 0.0806. The molecule has 0 radical (unpaired) electrons. The van der Waals surface area contributed by atoms with Gasteiger partial charge in [-0.2, -0.15) is 0 Å². The molecule has 0 aliphatic carbocycles. The van der Waals surface area contributed by atoms with E-state index in [1.165, 1.54) is 0 Å². The number of hydrogen-bond acceptors (Lipinski definition) is 3. The standard InChI is InChI=1S/C14H19Cl2N3O2/c1-4-17-14(21)18-13(20)8-19(3)9(2)11-6-5-10(15)7-12(11)16/h5-7,9H,4,8H2,1-3H3,(H2,17,18,20,21). The van der Waals surface area contributed by atoms with E-state index in [2.05, 4.69) is 10.6 Å². The van der Waals surface area contributed by atoms with Gasteiger partial charge in [-0.3, -0.25) is 15.0 Å². The van der Waals surface area contributed by atoms with Crippen LogP contribution in [0.25, 0.3) is 0 Å². The van der Waals surface area contributed by atoms with E-state index in [9.17, 15) is 9.59 Å². The number of urea groups is 1. The van der Waals surface area contributed by atoms with E-state index in [4.69, 9.17) is 23.2 Å². The molecule has 0 saturated heterocycles. The summed E-state index contributed by atoms with van der Waals surface area (Å²) in [5.41, 5.74) is 0.870. The van der Waals surface area contributed by atoms with Gasteiger partial charge in [0.2, 0.25) is 5.91 Å². The molecule has 0 aliphatic rings. The fourth-order valence-electron chi connectivity index (χ4n) is 1.81. The highest BCUT2D eigenvalue weighted by atomic mass is 35.5. The van der Waals surface area contributed by atoms with Crippen molar-refractivity contribution >= 4 is 35.1 Å². The first-order valence-electron chi connectivity index (χ1n) is 6.58. The SMILES string of the molecule is CCNC(=O)NC(=O)CN(C)C(C)c1ccc(Cl)cc1Cl. The largest absolute Gasteiger partial charge is 0.338 e. The van der Waals surface area contributed by atoms with Crippen molar-refractivity contribution in [2.24, 2.45) is 0 Å². The number of nitrogens with one attached hydrogen (secondary N) is 2. The molecule has 5 nitrogen and oxygen atoms in total. The molecule has 3 amide bonds. The predicted octanol–water partition coefficient (Wildman–Crippen LogP) is 2.83. The minimum Gasteiger partial charge on any atom is -0.338 e. The molecule has 0 saturated carbocycles. The van der Waals surface area contributed by atoms with E-state index in [1.54, 1.807) is 31.0 Å². The van der Waals surface area contributed by atoms with E-state index in [-0.39, 0.29) is 18.5 Å². The second kappa shape index (κ2) is 8.22. The van der Waals surface area contributed by atoms with Gasteiger partial charge in [-0.1, -0.05) is 29.3 Å². The Kier molecular flexibility index (Phi) is 6.95. The monoisotopic (exact) mass is 331 g/mol. The van der Waals surface area contributed by atoms with Crippen LogP contribution < -0.4 is 10.6 Å². The molecule has 1 atom stereocenters. The number of amides is 3. The van der Waals surface area contributed by atoms with Gasteiger partial charge in [-0.15, -0.1) is 0 Å². The van der Waals surface area contributed by atoms with Crippen LogP contribution in [0.1, 0.15) is 25.5 Å². The normalized spacial score (nSPS) is 12.1. The first kappa shape index (κ1) is 17.8. The van der Waals surface area contributed by atoms with Crippen molar-refractivity contribution < 1.29 is 9.59 Å². The maximum atomic E-state index is 11.7. The van der Waals surface area contributed by atoms with Gasteiger partial charge in [-0.25, -0.2) is 4.79 Å². The van der Waals surface area contributed by atoms with Gasteiger partial charge >= 0.3 is 6.03 Å². The lowest BCUT2D eigenvalue weighted by Gasteiger charge is -2.25. The molecular weight excluding hydrogens is 313 g/mol. The van der Waals surface area contributed by atoms with Gasteiger partial charge < -0.3 is 5.32 Å². The number of carbonyl (C=O) groups is 2. The molecule has 0 aliphatic heterocycles. The topological polar surface area (TPSA) is 61.4 Å². The van der Waals surface area contributed by atoms with Gasteiger partial charge in [0.05, 0.1) is 6.54 Å². The first-order chi connectivity index (χ1) is 9.85. The molecule has 0 bridgehead atoms. The predicted molar refractivity (Wildman–Crippen MR) is 84.7 cm³/mol. The average molecular weight is 332 g/mol. The summed E-state index contributed by atoms with van der Waals surface area (Å²) in [6.07, 6.45) is 0. The highest BCUT2D eigenvalue weighted by Gasteiger charge is 2.18. The molecule has 116 valence electrons. The summed E-state index contributed by atoms with van der Waals surface area (Å²) in [5.74, 6) is -0.375. The van der Waals surface area contributed by atoms with Crippen LogP contribution in [-0.2, 0) is 4.79 Å². The Morgan fingerprint density at radius 2 is 2.00 bits per heavy atom. The number of hydrogen-bond donors (Lipinski definition) is 2. The van der Waals surface area contributed by atoms with Crippen LogP contribution in [-0.4, -0.2) is 37.0 Å². The molecular formula is C14H19Cl2N3O2. The van der Waals surface area contributed by atoms with Crippen LogP contribution >= 0.6 is 23.2 Å². The van der Waals surface area contributed by atoms with E-state index < -0.39 is 6.03 Å². The van der Waals surface area contributed by atoms with Crippen LogP contribution in [0.4, 0.5) is 4.79 Å². The van der Waals surface area contributed by atoms with Crippen molar-refractivity contribution in [3.8, 4) is 0 Å². The third kappa shape index (κ3) is 5.53. The summed E-state index contributed by atoms with van der Waals surface area (Å²) < 4.78 is 0. The zero-order chi connectivity index (χ0) is 16.0. The molecule has 1 rings (SSSR count). The lowest BCUT2D eigenvalue weighted by Crippen LogP contribution is -2.44. The Balaban J connectivity index is 2.64. The summed E-state index contributed by atoms with van der Waals surface area (Å²) in [5, 5.41) is 5.87. The van der Waals surface area contributed by atoms with Crippen molar-refractivity contribution in [1.82, 2.24) is 15.5 Å². The van der Waals surface area contributed by atoms with Crippen LogP contribution in [0, 0.1) is 0 Å². The van der Waals surface area contributed by atoms with Crippen molar-refractivity contribution in [3.63, 3.8) is 0 Å². The van der Waals surface area contributed by atoms with Gasteiger partial charge in [0.1, 0.15) is 0 Å². The smallest absolute Gasteiger partial charge is 0.321 e. The van der Waals surface area contributed by atoms with Crippen LogP contribution in [0.2, 0.25) is 10.0 Å². The number of imide groups is 1. The third-order valence-corrected chi connectivity index (χ3v) is 3.62. The van der Waals surface area contributed by atoms with Crippen molar-refractivity contribution in [1.29, 1.82) is 0 Å². The van der Waals surface area contributed by atoms with E-state index in [0.717, 1.165) is 5.56 Å². The fraction of sp³-hybridized carbons (Fsp3) is 0.429. The molecule has 0 fully saturated rings. The summed E-state index contributed by atoms with van der Waals surface area (Å²) in [6, 6.07) is 4.66. The minimum atomic E-state index is -0.493. The average Bonchev–Trinajstić information content (AvgIpc) is 2.37. The molecule has 1 aromatic carbocycles. The van der Waals surface area contributed by atoms with Crippen LogP contribution in [0.5, 0.6) is 0 Å². The van der Waals surface area contributed by atoms with Gasteiger partial charge in [0.25, 0.3) is 0 Å². The molecule has 1 aromatic rings. The Hall–Kier alpha value is -1.30. The number of benzene rings is 1. The van der Waals surface area contributed by atoms with Crippen LogP contribution in [0.3, 0.4) is 0 Å². The van der Waals surface area contributed by atoms with Crippen LogP contribution in [0.15, 0.2) is 18.2 Å². The second-order valence-electron chi connectivity index (χ2n) is 4.66. The maximum absolute atomic E-state index is 11.7. The molecule has 1 unspecified atom stereocenters. The number of carbonyl (C=O) groups excluding carboxylic acids is 2. The Bertz CT molecular complexity index is 523. The number of nitrogens with zero attached hydrogens (tertiary/aromatic N) is 1. The zero-order valence-corrected chi connectivity index (χ0v) is 13.8. The highest BCUT2D eigenvalue weighted by molar-refractivity contribution is 6.35. The Morgan fingerprint density at radius 3 is 2.57 bits per heavy atom. The Labute approximate surface area is 134 Å². The Morgan fingerprint density at radius 1 is 1.33 bits per heavy atom. The molecule has 0 aromatic heterocycles. The van der Waals surface area contributed by atoms with Crippen molar-refractivity contribution in [3.05, 3.63) is 33.8 Å². The molecule has 21 heavy (non-hydrogen) atoms.